The van der Waals surface area contributed by atoms with Crippen molar-refractivity contribution in [2.24, 2.45) is 0 Å². The third kappa shape index (κ3) is 25.7. The van der Waals surface area contributed by atoms with Crippen molar-refractivity contribution in [3.05, 3.63) is 89.5 Å². The van der Waals surface area contributed by atoms with Crippen LogP contribution in [0.5, 0.6) is 17.2 Å². The normalized spacial score (nSPS) is 11.0. The summed E-state index contributed by atoms with van der Waals surface area (Å²) in [5.74, 6) is 1.15. The minimum atomic E-state index is -0.549. The third-order valence-electron chi connectivity index (χ3n) is 11.2. The highest BCUT2D eigenvalue weighted by Gasteiger charge is 2.13. The number of hydrogen-bond donors (Lipinski definition) is 1. The molecule has 0 saturated carbocycles. The molecule has 0 heterocycles. The highest BCUT2D eigenvalue weighted by atomic mass is 32.1. The van der Waals surface area contributed by atoms with Crippen molar-refractivity contribution in [2.45, 2.75) is 193 Å². The van der Waals surface area contributed by atoms with Gasteiger partial charge in [-0.05, 0) is 91.2 Å². The lowest BCUT2D eigenvalue weighted by molar-refractivity contribution is -0.145. The van der Waals surface area contributed by atoms with E-state index in [4.69, 9.17) is 18.9 Å². The van der Waals surface area contributed by atoms with E-state index >= 15 is 0 Å². The van der Waals surface area contributed by atoms with Gasteiger partial charge in [0.15, 0.2) is 0 Å². The SMILES string of the molecule is CCCCCCCCCCCCCCCCOc1ccc(C(=O)Oc2ccc(C(=O)Oc3cccc(COC(=O)CCCCCCCCCCCCCCCS)c3)cc2)cc1. The summed E-state index contributed by atoms with van der Waals surface area (Å²) < 4.78 is 22.5. The fraction of sp³-hybridized carbons (Fsp3) is 0.604. The lowest BCUT2D eigenvalue weighted by atomic mass is 10.0. The van der Waals surface area contributed by atoms with E-state index < -0.39 is 11.9 Å². The molecule has 338 valence electrons. The molecule has 0 aliphatic rings. The standard InChI is InChI=1S/C53H78O7S/c1-2-3-4-5-6-7-8-9-12-15-18-21-24-27-41-57-48-37-33-46(34-38-48)52(55)59-49-39-35-47(36-40-49)53(56)60-50-31-29-30-45(43-50)44-58-51(54)32-26-23-20-17-14-11-10-13-16-19-22-25-28-42-61/h29-31,33-40,43,61H,2-28,32,41-42,44H2,1H3. The number of carbonyl (C=O) groups excluding carboxylic acids is 3. The first kappa shape index (κ1) is 51.6. The van der Waals surface area contributed by atoms with E-state index in [1.54, 1.807) is 66.7 Å². The van der Waals surface area contributed by atoms with Crippen molar-refractivity contribution >= 4 is 30.5 Å². The van der Waals surface area contributed by atoms with Crippen molar-refractivity contribution in [1.29, 1.82) is 0 Å². The van der Waals surface area contributed by atoms with Crippen LogP contribution >= 0.6 is 12.6 Å². The Hall–Kier alpha value is -3.78. The van der Waals surface area contributed by atoms with Crippen LogP contribution in [0.4, 0.5) is 0 Å². The Morgan fingerprint density at radius 2 is 0.885 bits per heavy atom. The van der Waals surface area contributed by atoms with Crippen LogP contribution in [0.2, 0.25) is 0 Å². The topological polar surface area (TPSA) is 88.1 Å². The Morgan fingerprint density at radius 1 is 0.459 bits per heavy atom. The Kier molecular flexibility index (Phi) is 29.4. The summed E-state index contributed by atoms with van der Waals surface area (Å²) in [6.45, 7) is 3.05. The first-order chi connectivity index (χ1) is 30.0. The van der Waals surface area contributed by atoms with Gasteiger partial charge in [0.05, 0.1) is 17.7 Å². The molecule has 8 heteroatoms. The summed E-state index contributed by atoms with van der Waals surface area (Å²) in [5.41, 5.74) is 1.46. The van der Waals surface area contributed by atoms with Gasteiger partial charge in [-0.3, -0.25) is 4.79 Å². The summed E-state index contributed by atoms with van der Waals surface area (Å²) in [7, 11) is 0. The molecular weight excluding hydrogens is 781 g/mol. The molecule has 3 aromatic rings. The molecule has 7 nitrogen and oxygen atoms in total. The fourth-order valence-corrected chi connectivity index (χ4v) is 7.65. The van der Waals surface area contributed by atoms with Crippen LogP contribution < -0.4 is 14.2 Å². The molecule has 0 aromatic heterocycles. The van der Waals surface area contributed by atoms with Gasteiger partial charge >= 0.3 is 17.9 Å². The summed E-state index contributed by atoms with van der Waals surface area (Å²) in [5, 5.41) is 0. The fourth-order valence-electron chi connectivity index (χ4n) is 7.43. The number of esters is 3. The van der Waals surface area contributed by atoms with Crippen molar-refractivity contribution in [3.63, 3.8) is 0 Å². The minimum Gasteiger partial charge on any atom is -0.494 e. The molecule has 0 amide bonds. The van der Waals surface area contributed by atoms with Crippen LogP contribution in [0.1, 0.15) is 213 Å². The van der Waals surface area contributed by atoms with E-state index in [0.29, 0.717) is 35.7 Å². The van der Waals surface area contributed by atoms with E-state index in [0.717, 1.165) is 42.7 Å². The van der Waals surface area contributed by atoms with Crippen LogP contribution in [-0.2, 0) is 16.1 Å². The zero-order valence-electron chi connectivity index (χ0n) is 37.7. The smallest absolute Gasteiger partial charge is 0.343 e. The molecule has 0 fully saturated rings. The molecule has 0 bridgehead atoms. The maximum Gasteiger partial charge on any atom is 0.343 e. The zero-order chi connectivity index (χ0) is 43.4. The summed E-state index contributed by atoms with van der Waals surface area (Å²) in [4.78, 5) is 38.0. The maximum atomic E-state index is 12.9. The van der Waals surface area contributed by atoms with Crippen molar-refractivity contribution in [1.82, 2.24) is 0 Å². The predicted octanol–water partition coefficient (Wildman–Crippen LogP) is 15.4. The van der Waals surface area contributed by atoms with E-state index in [-0.39, 0.29) is 12.6 Å². The number of hydrogen-bond acceptors (Lipinski definition) is 8. The number of thiol groups is 1. The summed E-state index contributed by atoms with van der Waals surface area (Å²) >= 11 is 4.27. The number of unbranched alkanes of at least 4 members (excludes halogenated alkanes) is 25. The van der Waals surface area contributed by atoms with Gasteiger partial charge in [0.2, 0.25) is 0 Å². The third-order valence-corrected chi connectivity index (χ3v) is 11.5. The molecule has 0 aliphatic heterocycles. The molecule has 0 saturated heterocycles. The Bertz CT molecular complexity index is 1570. The molecule has 0 N–H and O–H groups in total. The van der Waals surface area contributed by atoms with Crippen molar-refractivity contribution in [2.75, 3.05) is 12.4 Å². The highest BCUT2D eigenvalue weighted by molar-refractivity contribution is 7.80. The van der Waals surface area contributed by atoms with E-state index in [9.17, 15) is 14.4 Å². The Morgan fingerprint density at radius 3 is 1.38 bits per heavy atom. The average molecular weight is 859 g/mol. The van der Waals surface area contributed by atoms with Gasteiger partial charge in [-0.15, -0.1) is 0 Å². The summed E-state index contributed by atoms with van der Waals surface area (Å²) in [6, 6.07) is 20.2. The van der Waals surface area contributed by atoms with Gasteiger partial charge in [0.1, 0.15) is 23.9 Å². The van der Waals surface area contributed by atoms with Crippen molar-refractivity contribution < 1.29 is 33.3 Å². The first-order valence-electron chi connectivity index (χ1n) is 24.1. The molecule has 3 rings (SSSR count). The highest BCUT2D eigenvalue weighted by Crippen LogP contribution is 2.21. The molecule has 0 unspecified atom stereocenters. The molecular formula is C53H78O7S. The lowest BCUT2D eigenvalue weighted by Gasteiger charge is -2.09. The van der Waals surface area contributed by atoms with Gasteiger partial charge in [0.25, 0.3) is 0 Å². The quantitative estimate of drug-likeness (QED) is 0.0267. The Balaban J connectivity index is 1.22. The number of ether oxygens (including phenoxy) is 4. The van der Waals surface area contributed by atoms with Gasteiger partial charge in [-0.25, -0.2) is 9.59 Å². The second-order valence-corrected chi connectivity index (χ2v) is 17.1. The first-order valence-corrected chi connectivity index (χ1v) is 24.7. The van der Waals surface area contributed by atoms with Crippen LogP contribution in [0.15, 0.2) is 72.8 Å². The zero-order valence-corrected chi connectivity index (χ0v) is 38.5. The largest absolute Gasteiger partial charge is 0.494 e. The monoisotopic (exact) mass is 859 g/mol. The predicted molar refractivity (Wildman–Crippen MR) is 253 cm³/mol. The molecule has 0 atom stereocenters. The van der Waals surface area contributed by atoms with Gasteiger partial charge in [0, 0.05) is 6.42 Å². The van der Waals surface area contributed by atoms with Gasteiger partial charge in [-0.1, -0.05) is 173 Å². The summed E-state index contributed by atoms with van der Waals surface area (Å²) in [6.07, 6.45) is 35.1. The maximum absolute atomic E-state index is 12.9. The molecule has 0 aliphatic carbocycles. The lowest BCUT2D eigenvalue weighted by Crippen LogP contribution is -2.10. The molecule has 61 heavy (non-hydrogen) atoms. The second kappa shape index (κ2) is 34.8. The van der Waals surface area contributed by atoms with Crippen LogP contribution in [0, 0.1) is 0 Å². The van der Waals surface area contributed by atoms with Gasteiger partial charge in [-0.2, -0.15) is 12.6 Å². The van der Waals surface area contributed by atoms with E-state index in [1.165, 1.54) is 148 Å². The Labute approximate surface area is 374 Å². The minimum absolute atomic E-state index is 0.120. The number of benzene rings is 3. The van der Waals surface area contributed by atoms with Gasteiger partial charge < -0.3 is 18.9 Å². The number of rotatable bonds is 37. The van der Waals surface area contributed by atoms with Crippen LogP contribution in [0.25, 0.3) is 0 Å². The molecule has 0 spiro atoms. The molecule has 3 aromatic carbocycles. The van der Waals surface area contributed by atoms with Crippen molar-refractivity contribution in [3.8, 4) is 17.2 Å². The van der Waals surface area contributed by atoms with Crippen LogP contribution in [0.3, 0.4) is 0 Å². The second-order valence-electron chi connectivity index (χ2n) is 16.7. The number of carbonyl (C=O) groups is 3. The van der Waals surface area contributed by atoms with E-state index in [1.807, 2.05) is 6.07 Å². The van der Waals surface area contributed by atoms with Crippen LogP contribution in [-0.4, -0.2) is 30.3 Å². The van der Waals surface area contributed by atoms with E-state index in [2.05, 4.69) is 19.6 Å². The molecule has 0 radical (unpaired) electrons. The average Bonchev–Trinajstić information content (AvgIpc) is 3.27.